The molecular formula is C14H22N2. The van der Waals surface area contributed by atoms with E-state index in [-0.39, 0.29) is 0 Å². The lowest BCUT2D eigenvalue weighted by Crippen LogP contribution is -2.24. The van der Waals surface area contributed by atoms with Crippen molar-refractivity contribution in [3.8, 4) is 0 Å². The third kappa shape index (κ3) is 3.06. The smallest absolute Gasteiger partial charge is 0.0236 e. The average molecular weight is 218 g/mol. The number of nitrogens with two attached hydrogens (primary N) is 1. The molecule has 2 heteroatoms. The maximum absolute atomic E-state index is 5.53. The van der Waals surface area contributed by atoms with Crippen molar-refractivity contribution in [2.45, 2.75) is 32.2 Å². The second-order valence-electron chi connectivity index (χ2n) is 4.64. The molecule has 0 spiro atoms. The Labute approximate surface area is 98.4 Å². The third-order valence-electron chi connectivity index (χ3n) is 3.36. The van der Waals surface area contributed by atoms with Crippen LogP contribution in [-0.4, -0.2) is 24.5 Å². The minimum Gasteiger partial charge on any atom is -0.330 e. The fraction of sp³-hybridized carbons (Fsp3) is 0.571. The van der Waals surface area contributed by atoms with E-state index in [2.05, 4.69) is 29.2 Å². The number of rotatable bonds is 4. The molecule has 16 heavy (non-hydrogen) atoms. The SMILES string of the molecule is NCCCCN1CCCc2ccccc2C1. The number of hydrogen-bond donors (Lipinski definition) is 1. The second-order valence-corrected chi connectivity index (χ2v) is 4.64. The molecule has 2 rings (SSSR count). The summed E-state index contributed by atoms with van der Waals surface area (Å²) in [4.78, 5) is 2.57. The van der Waals surface area contributed by atoms with E-state index in [1.807, 2.05) is 0 Å². The molecule has 1 aliphatic heterocycles. The van der Waals surface area contributed by atoms with Crippen molar-refractivity contribution < 1.29 is 0 Å². The Kier molecular flexibility index (Phi) is 4.37. The molecule has 1 heterocycles. The van der Waals surface area contributed by atoms with E-state index < -0.39 is 0 Å². The van der Waals surface area contributed by atoms with Gasteiger partial charge in [0.25, 0.3) is 0 Å². The first kappa shape index (κ1) is 11.6. The number of benzene rings is 1. The molecule has 0 unspecified atom stereocenters. The standard InChI is InChI=1S/C14H22N2/c15-9-3-4-10-16-11-5-8-13-6-1-2-7-14(13)12-16/h1-2,6-7H,3-5,8-12,15H2. The van der Waals surface area contributed by atoms with Gasteiger partial charge in [-0.25, -0.2) is 0 Å². The summed E-state index contributed by atoms with van der Waals surface area (Å²) in [6.45, 7) is 4.38. The van der Waals surface area contributed by atoms with Gasteiger partial charge in [0.1, 0.15) is 0 Å². The van der Waals surface area contributed by atoms with E-state index in [0.717, 1.165) is 19.5 Å². The topological polar surface area (TPSA) is 29.3 Å². The Morgan fingerprint density at radius 2 is 1.94 bits per heavy atom. The minimum atomic E-state index is 0.824. The first-order valence-electron chi connectivity index (χ1n) is 6.39. The van der Waals surface area contributed by atoms with Gasteiger partial charge in [-0.3, -0.25) is 4.90 Å². The quantitative estimate of drug-likeness (QED) is 0.785. The maximum atomic E-state index is 5.53. The Bertz CT molecular complexity index is 322. The highest BCUT2D eigenvalue weighted by atomic mass is 15.1. The van der Waals surface area contributed by atoms with Gasteiger partial charge in [-0.2, -0.15) is 0 Å². The van der Waals surface area contributed by atoms with E-state index in [4.69, 9.17) is 5.73 Å². The highest BCUT2D eigenvalue weighted by Crippen LogP contribution is 2.18. The van der Waals surface area contributed by atoms with Gasteiger partial charge < -0.3 is 5.73 Å². The van der Waals surface area contributed by atoms with Crippen LogP contribution in [0.3, 0.4) is 0 Å². The van der Waals surface area contributed by atoms with E-state index >= 15 is 0 Å². The summed E-state index contributed by atoms with van der Waals surface area (Å²) >= 11 is 0. The molecule has 0 aliphatic carbocycles. The van der Waals surface area contributed by atoms with Gasteiger partial charge in [0.15, 0.2) is 0 Å². The molecule has 0 aromatic heterocycles. The van der Waals surface area contributed by atoms with Gasteiger partial charge in [0.2, 0.25) is 0 Å². The minimum absolute atomic E-state index is 0.824. The molecule has 0 saturated heterocycles. The Hall–Kier alpha value is -0.860. The van der Waals surface area contributed by atoms with Crippen molar-refractivity contribution in [1.82, 2.24) is 4.90 Å². The van der Waals surface area contributed by atoms with E-state index in [0.29, 0.717) is 0 Å². The monoisotopic (exact) mass is 218 g/mol. The van der Waals surface area contributed by atoms with Gasteiger partial charge in [0.05, 0.1) is 0 Å². The lowest BCUT2D eigenvalue weighted by molar-refractivity contribution is 0.264. The van der Waals surface area contributed by atoms with Crippen LogP contribution in [0.2, 0.25) is 0 Å². The summed E-state index contributed by atoms with van der Waals surface area (Å²) in [5.41, 5.74) is 8.60. The first-order chi connectivity index (χ1) is 7.90. The van der Waals surface area contributed by atoms with Crippen LogP contribution in [-0.2, 0) is 13.0 Å². The number of aryl methyl sites for hydroxylation is 1. The molecular weight excluding hydrogens is 196 g/mol. The highest BCUT2D eigenvalue weighted by Gasteiger charge is 2.12. The second kappa shape index (κ2) is 6.02. The zero-order valence-electron chi connectivity index (χ0n) is 9.99. The molecule has 1 aliphatic rings. The summed E-state index contributed by atoms with van der Waals surface area (Å²) in [6, 6.07) is 8.86. The fourth-order valence-corrected chi connectivity index (χ4v) is 2.44. The Morgan fingerprint density at radius 1 is 1.12 bits per heavy atom. The normalized spacial score (nSPS) is 16.8. The summed E-state index contributed by atoms with van der Waals surface area (Å²) in [6.07, 6.45) is 4.92. The van der Waals surface area contributed by atoms with Gasteiger partial charge >= 0.3 is 0 Å². The van der Waals surface area contributed by atoms with E-state index in [9.17, 15) is 0 Å². The number of unbranched alkanes of at least 4 members (excludes halogenated alkanes) is 1. The molecule has 2 N–H and O–H groups in total. The molecule has 0 amide bonds. The van der Waals surface area contributed by atoms with E-state index in [1.165, 1.54) is 37.9 Å². The van der Waals surface area contributed by atoms with Gasteiger partial charge in [-0.1, -0.05) is 24.3 Å². The van der Waals surface area contributed by atoms with Crippen LogP contribution in [0.4, 0.5) is 0 Å². The van der Waals surface area contributed by atoms with Crippen molar-refractivity contribution in [2.24, 2.45) is 5.73 Å². The molecule has 0 fully saturated rings. The van der Waals surface area contributed by atoms with E-state index in [1.54, 1.807) is 5.56 Å². The zero-order valence-corrected chi connectivity index (χ0v) is 9.99. The fourth-order valence-electron chi connectivity index (χ4n) is 2.44. The summed E-state index contributed by atoms with van der Waals surface area (Å²) in [5.74, 6) is 0. The highest BCUT2D eigenvalue weighted by molar-refractivity contribution is 5.27. The Morgan fingerprint density at radius 3 is 2.75 bits per heavy atom. The number of fused-ring (bicyclic) bond motifs is 1. The molecule has 0 bridgehead atoms. The molecule has 1 aromatic rings. The van der Waals surface area contributed by atoms with Crippen LogP contribution in [0.15, 0.2) is 24.3 Å². The van der Waals surface area contributed by atoms with Crippen molar-refractivity contribution in [3.05, 3.63) is 35.4 Å². The summed E-state index contributed by atoms with van der Waals surface area (Å²) in [7, 11) is 0. The number of nitrogens with zero attached hydrogens (tertiary/aromatic N) is 1. The largest absolute Gasteiger partial charge is 0.330 e. The molecule has 0 atom stereocenters. The molecule has 0 saturated carbocycles. The summed E-state index contributed by atoms with van der Waals surface area (Å²) in [5, 5.41) is 0. The molecule has 88 valence electrons. The van der Waals surface area contributed by atoms with Crippen LogP contribution in [0.25, 0.3) is 0 Å². The van der Waals surface area contributed by atoms with Crippen LogP contribution in [0.1, 0.15) is 30.4 Å². The lowest BCUT2D eigenvalue weighted by Gasteiger charge is -2.20. The molecule has 2 nitrogen and oxygen atoms in total. The molecule has 0 radical (unpaired) electrons. The van der Waals surface area contributed by atoms with Crippen LogP contribution in [0, 0.1) is 0 Å². The molecule has 1 aromatic carbocycles. The third-order valence-corrected chi connectivity index (χ3v) is 3.36. The van der Waals surface area contributed by atoms with Crippen LogP contribution >= 0.6 is 0 Å². The average Bonchev–Trinajstić information content (AvgIpc) is 2.51. The van der Waals surface area contributed by atoms with Crippen molar-refractivity contribution in [3.63, 3.8) is 0 Å². The van der Waals surface area contributed by atoms with Crippen LogP contribution in [0.5, 0.6) is 0 Å². The number of hydrogen-bond acceptors (Lipinski definition) is 2. The van der Waals surface area contributed by atoms with Crippen molar-refractivity contribution in [2.75, 3.05) is 19.6 Å². The first-order valence-corrected chi connectivity index (χ1v) is 6.39. The van der Waals surface area contributed by atoms with Crippen LogP contribution < -0.4 is 5.73 Å². The predicted molar refractivity (Wildman–Crippen MR) is 68.3 cm³/mol. The summed E-state index contributed by atoms with van der Waals surface area (Å²) < 4.78 is 0. The van der Waals surface area contributed by atoms with Crippen molar-refractivity contribution >= 4 is 0 Å². The predicted octanol–water partition coefficient (Wildman–Crippen LogP) is 2.17. The van der Waals surface area contributed by atoms with Crippen molar-refractivity contribution in [1.29, 1.82) is 0 Å². The maximum Gasteiger partial charge on any atom is 0.0236 e. The lowest BCUT2D eigenvalue weighted by atomic mass is 10.0. The Balaban J connectivity index is 1.94. The van der Waals surface area contributed by atoms with Gasteiger partial charge in [0, 0.05) is 6.54 Å². The zero-order chi connectivity index (χ0) is 11.2. The van der Waals surface area contributed by atoms with Gasteiger partial charge in [-0.15, -0.1) is 0 Å². The van der Waals surface area contributed by atoms with Gasteiger partial charge in [-0.05, 0) is 56.4 Å².